The van der Waals surface area contributed by atoms with E-state index in [9.17, 15) is 4.79 Å². The third-order valence-electron chi connectivity index (χ3n) is 3.18. The number of nitrogens with zero attached hydrogens (tertiary/aromatic N) is 2. The number of carbonyl (C=O) groups excluding carboxylic acids is 1. The van der Waals surface area contributed by atoms with Gasteiger partial charge in [0, 0.05) is 43.8 Å². The van der Waals surface area contributed by atoms with Crippen LogP contribution in [0.5, 0.6) is 0 Å². The Bertz CT molecular complexity index is 552. The van der Waals surface area contributed by atoms with Crippen molar-refractivity contribution < 1.29 is 9.21 Å². The lowest BCUT2D eigenvalue weighted by Gasteiger charge is -2.26. The highest BCUT2D eigenvalue weighted by molar-refractivity contribution is 7.99. The van der Waals surface area contributed by atoms with E-state index in [0.29, 0.717) is 5.69 Å². The summed E-state index contributed by atoms with van der Waals surface area (Å²) < 4.78 is 7.23. The zero-order valence-electron chi connectivity index (χ0n) is 9.68. The van der Waals surface area contributed by atoms with Gasteiger partial charge < -0.3 is 13.9 Å². The van der Waals surface area contributed by atoms with Crippen molar-refractivity contribution in [3.8, 4) is 0 Å². The third kappa shape index (κ3) is 1.74. The number of thioether (sulfide) groups is 1. The summed E-state index contributed by atoms with van der Waals surface area (Å²) in [5.74, 6) is 2.18. The molecule has 4 nitrogen and oxygen atoms in total. The quantitative estimate of drug-likeness (QED) is 0.776. The molecule has 1 aliphatic rings. The fraction of sp³-hybridized carbons (Fsp3) is 0.417. The van der Waals surface area contributed by atoms with E-state index in [0.717, 1.165) is 35.7 Å². The van der Waals surface area contributed by atoms with Crippen molar-refractivity contribution in [3.05, 3.63) is 24.1 Å². The Kier molecular flexibility index (Phi) is 2.63. The maximum atomic E-state index is 12.3. The SMILES string of the molecule is Cn1c(C(=O)N2CCSCC2)cc2occc21. The molecule has 0 N–H and O–H groups in total. The van der Waals surface area contributed by atoms with Gasteiger partial charge in [0.1, 0.15) is 5.69 Å². The van der Waals surface area contributed by atoms with Crippen LogP contribution in [0, 0.1) is 0 Å². The molecule has 1 fully saturated rings. The second-order valence-electron chi connectivity index (χ2n) is 4.16. The maximum Gasteiger partial charge on any atom is 0.270 e. The van der Waals surface area contributed by atoms with Crippen LogP contribution in [-0.2, 0) is 7.05 Å². The lowest BCUT2D eigenvalue weighted by Crippen LogP contribution is -2.38. The van der Waals surface area contributed by atoms with Crippen molar-refractivity contribution in [3.63, 3.8) is 0 Å². The average Bonchev–Trinajstić information content (AvgIpc) is 2.93. The normalized spacial score (nSPS) is 16.6. The number of fused-ring (bicyclic) bond motifs is 1. The summed E-state index contributed by atoms with van der Waals surface area (Å²) in [7, 11) is 1.91. The van der Waals surface area contributed by atoms with E-state index in [1.807, 2.05) is 40.4 Å². The van der Waals surface area contributed by atoms with Crippen molar-refractivity contribution in [2.24, 2.45) is 7.05 Å². The number of hydrogen-bond donors (Lipinski definition) is 0. The van der Waals surface area contributed by atoms with E-state index < -0.39 is 0 Å². The van der Waals surface area contributed by atoms with Gasteiger partial charge in [-0.1, -0.05) is 0 Å². The molecule has 0 unspecified atom stereocenters. The molecule has 3 rings (SSSR count). The predicted molar refractivity (Wildman–Crippen MR) is 68.4 cm³/mol. The molecule has 3 heterocycles. The molecule has 0 radical (unpaired) electrons. The molecule has 0 bridgehead atoms. The summed E-state index contributed by atoms with van der Waals surface area (Å²) in [5.41, 5.74) is 2.47. The van der Waals surface area contributed by atoms with Gasteiger partial charge in [0.15, 0.2) is 5.58 Å². The van der Waals surface area contributed by atoms with E-state index in [2.05, 4.69) is 0 Å². The monoisotopic (exact) mass is 250 g/mol. The second-order valence-corrected chi connectivity index (χ2v) is 5.39. The van der Waals surface area contributed by atoms with Crippen molar-refractivity contribution >= 4 is 28.8 Å². The maximum absolute atomic E-state index is 12.3. The second kappa shape index (κ2) is 4.14. The first-order valence-electron chi connectivity index (χ1n) is 5.67. The molecule has 1 aliphatic heterocycles. The van der Waals surface area contributed by atoms with Gasteiger partial charge >= 0.3 is 0 Å². The van der Waals surface area contributed by atoms with Crippen molar-refractivity contribution in [2.75, 3.05) is 24.6 Å². The minimum absolute atomic E-state index is 0.110. The Balaban J connectivity index is 1.94. The summed E-state index contributed by atoms with van der Waals surface area (Å²) in [6.07, 6.45) is 1.65. The van der Waals surface area contributed by atoms with E-state index in [-0.39, 0.29) is 5.91 Å². The highest BCUT2D eigenvalue weighted by Crippen LogP contribution is 2.21. The van der Waals surface area contributed by atoms with Crippen LogP contribution in [0.15, 0.2) is 22.8 Å². The summed E-state index contributed by atoms with van der Waals surface area (Å²) in [5, 5.41) is 0. The first kappa shape index (κ1) is 10.8. The molecular formula is C12H14N2O2S. The van der Waals surface area contributed by atoms with E-state index in [4.69, 9.17) is 4.42 Å². The van der Waals surface area contributed by atoms with Gasteiger partial charge in [0.2, 0.25) is 0 Å². The van der Waals surface area contributed by atoms with Crippen LogP contribution in [0.4, 0.5) is 0 Å². The van der Waals surface area contributed by atoms with Crippen LogP contribution < -0.4 is 0 Å². The smallest absolute Gasteiger partial charge is 0.270 e. The Morgan fingerprint density at radius 1 is 1.41 bits per heavy atom. The van der Waals surface area contributed by atoms with Gasteiger partial charge in [-0.2, -0.15) is 11.8 Å². The molecule has 0 aromatic carbocycles. The van der Waals surface area contributed by atoms with Crippen molar-refractivity contribution in [2.45, 2.75) is 0 Å². The molecule has 1 amide bonds. The highest BCUT2D eigenvalue weighted by atomic mass is 32.2. The van der Waals surface area contributed by atoms with Crippen LogP contribution in [0.25, 0.3) is 11.1 Å². The number of furan rings is 1. The van der Waals surface area contributed by atoms with Crippen LogP contribution in [0.3, 0.4) is 0 Å². The molecule has 17 heavy (non-hydrogen) atoms. The zero-order valence-corrected chi connectivity index (χ0v) is 10.5. The van der Waals surface area contributed by atoms with Gasteiger partial charge in [0.25, 0.3) is 5.91 Å². The zero-order chi connectivity index (χ0) is 11.8. The van der Waals surface area contributed by atoms with Crippen LogP contribution in [0.2, 0.25) is 0 Å². The van der Waals surface area contributed by atoms with Gasteiger partial charge in [-0.05, 0) is 0 Å². The third-order valence-corrected chi connectivity index (χ3v) is 4.12. The predicted octanol–water partition coefficient (Wildman–Crippen LogP) is 1.96. The fourth-order valence-corrected chi connectivity index (χ4v) is 3.09. The molecule has 0 atom stereocenters. The van der Waals surface area contributed by atoms with Crippen molar-refractivity contribution in [1.29, 1.82) is 0 Å². The summed E-state index contributed by atoms with van der Waals surface area (Å²) in [6, 6.07) is 3.72. The standard InChI is InChI=1S/C12H14N2O2S/c1-13-9-2-5-16-11(9)8-10(13)12(15)14-3-6-17-7-4-14/h2,5,8H,3-4,6-7H2,1H3. The first-order chi connectivity index (χ1) is 8.27. The molecule has 1 saturated heterocycles. The lowest BCUT2D eigenvalue weighted by atomic mass is 10.3. The average molecular weight is 250 g/mol. The first-order valence-corrected chi connectivity index (χ1v) is 6.83. The molecule has 0 aliphatic carbocycles. The Morgan fingerprint density at radius 3 is 2.88 bits per heavy atom. The molecule has 0 spiro atoms. The van der Waals surface area contributed by atoms with E-state index in [1.54, 1.807) is 6.26 Å². The summed E-state index contributed by atoms with van der Waals surface area (Å²) in [6.45, 7) is 1.69. The molecule has 90 valence electrons. The molecular weight excluding hydrogens is 236 g/mol. The fourth-order valence-electron chi connectivity index (χ4n) is 2.18. The van der Waals surface area contributed by atoms with Gasteiger partial charge in [-0.15, -0.1) is 0 Å². The number of hydrogen-bond acceptors (Lipinski definition) is 3. The summed E-state index contributed by atoms with van der Waals surface area (Å²) in [4.78, 5) is 14.3. The topological polar surface area (TPSA) is 38.4 Å². The largest absolute Gasteiger partial charge is 0.463 e. The number of rotatable bonds is 1. The van der Waals surface area contributed by atoms with Crippen LogP contribution in [0.1, 0.15) is 10.5 Å². The van der Waals surface area contributed by atoms with Gasteiger partial charge in [-0.3, -0.25) is 4.79 Å². The summed E-state index contributed by atoms with van der Waals surface area (Å²) >= 11 is 1.90. The highest BCUT2D eigenvalue weighted by Gasteiger charge is 2.22. The van der Waals surface area contributed by atoms with Gasteiger partial charge in [0.05, 0.1) is 11.8 Å². The molecule has 0 saturated carbocycles. The Morgan fingerprint density at radius 2 is 2.18 bits per heavy atom. The van der Waals surface area contributed by atoms with Crippen molar-refractivity contribution in [1.82, 2.24) is 9.47 Å². The number of aromatic nitrogens is 1. The van der Waals surface area contributed by atoms with E-state index in [1.165, 1.54) is 0 Å². The Labute approximate surface area is 104 Å². The lowest BCUT2D eigenvalue weighted by molar-refractivity contribution is 0.0763. The minimum atomic E-state index is 0.110. The van der Waals surface area contributed by atoms with Crippen LogP contribution >= 0.6 is 11.8 Å². The number of carbonyl (C=O) groups is 1. The Hall–Kier alpha value is -1.36. The molecule has 5 heteroatoms. The van der Waals surface area contributed by atoms with Gasteiger partial charge in [-0.25, -0.2) is 0 Å². The number of aryl methyl sites for hydroxylation is 1. The molecule has 2 aromatic heterocycles. The molecule has 2 aromatic rings. The van der Waals surface area contributed by atoms with Crippen LogP contribution in [-0.4, -0.2) is 40.0 Å². The van der Waals surface area contributed by atoms with E-state index >= 15 is 0 Å². The number of amides is 1. The minimum Gasteiger partial charge on any atom is -0.463 e.